The van der Waals surface area contributed by atoms with Crippen LogP contribution in [-0.2, 0) is 0 Å². The van der Waals surface area contributed by atoms with Crippen molar-refractivity contribution >= 4 is 29.1 Å². The van der Waals surface area contributed by atoms with Crippen LogP contribution in [0.15, 0.2) is 102 Å². The topological polar surface area (TPSA) is 38.3 Å². The highest BCUT2D eigenvalue weighted by Crippen LogP contribution is 2.43. The average molecular weight is 472 g/mol. The van der Waals surface area contributed by atoms with Crippen molar-refractivity contribution in [2.24, 2.45) is 0 Å². The number of hydrogen-bond acceptors (Lipinski definition) is 3. The lowest BCUT2D eigenvalue weighted by Crippen LogP contribution is -2.48. The zero-order valence-electron chi connectivity index (χ0n) is 20.0. The highest BCUT2D eigenvalue weighted by molar-refractivity contribution is 7.98. The number of carbonyl (C=O) groups excluding carboxylic acids is 1. The maximum atomic E-state index is 12.9. The first-order valence-corrected chi connectivity index (χ1v) is 12.8. The van der Waals surface area contributed by atoms with Crippen LogP contribution in [0.1, 0.15) is 29.8 Å². The third-order valence-corrected chi connectivity index (χ3v) is 6.98. The number of quaternary nitrogens is 1. The molecule has 4 nitrogen and oxygen atoms in total. The van der Waals surface area contributed by atoms with Gasteiger partial charge in [0.2, 0.25) is 0 Å². The van der Waals surface area contributed by atoms with Gasteiger partial charge in [-0.2, -0.15) is 0 Å². The number of amides is 1. The van der Waals surface area contributed by atoms with E-state index in [1.165, 1.54) is 27.5 Å². The molecule has 4 rings (SSSR count). The third-order valence-electron chi connectivity index (χ3n) is 6.24. The van der Waals surface area contributed by atoms with Crippen LogP contribution in [-0.4, -0.2) is 31.9 Å². The summed E-state index contributed by atoms with van der Waals surface area (Å²) >= 11 is 1.74. The summed E-state index contributed by atoms with van der Waals surface area (Å²) in [6, 6.07) is 26.5. The largest absolute Gasteiger partial charge is 0.494 e. The number of benzene rings is 3. The Hall–Kier alpha value is -3.28. The Morgan fingerprint density at radius 1 is 0.941 bits per heavy atom. The van der Waals surface area contributed by atoms with Crippen LogP contribution in [0.2, 0.25) is 0 Å². The van der Waals surface area contributed by atoms with E-state index in [2.05, 4.69) is 79.2 Å². The summed E-state index contributed by atoms with van der Waals surface area (Å²) in [5.41, 5.74) is 5.44. The molecule has 0 fully saturated rings. The standard InChI is InChI=1S/C29H30N2O2S/c1-4-33-26-15-11-24(12-16-26)29(32)30-20-21-31(25-13-17-27(34-3)18-14-25)22(2)10-19-28(31)23-8-6-5-7-9-23/h5-19H,4,20-21H2,1-3H3/p+1. The molecule has 3 aromatic carbocycles. The number of nitrogens with one attached hydrogen (secondary N) is 1. The predicted octanol–water partition coefficient (Wildman–Crippen LogP) is 6.50. The number of thioether (sulfide) groups is 1. The molecular weight excluding hydrogens is 440 g/mol. The van der Waals surface area contributed by atoms with Crippen LogP contribution in [0.25, 0.3) is 5.70 Å². The van der Waals surface area contributed by atoms with Gasteiger partial charge in [0.15, 0.2) is 0 Å². The van der Waals surface area contributed by atoms with Crippen molar-refractivity contribution in [3.8, 4) is 5.75 Å². The smallest absolute Gasteiger partial charge is 0.251 e. The molecule has 0 aliphatic carbocycles. The third kappa shape index (κ3) is 4.81. The van der Waals surface area contributed by atoms with E-state index in [1.807, 2.05) is 37.3 Å². The minimum absolute atomic E-state index is 0.0787. The Kier molecular flexibility index (Phi) is 7.56. The van der Waals surface area contributed by atoms with Gasteiger partial charge in [-0.1, -0.05) is 18.2 Å². The number of nitrogens with zero attached hydrogens (tertiary/aromatic N) is 1. The Balaban J connectivity index is 1.59. The van der Waals surface area contributed by atoms with Gasteiger partial charge in [-0.15, -0.1) is 11.8 Å². The van der Waals surface area contributed by atoms with Gasteiger partial charge in [0.1, 0.15) is 29.4 Å². The SMILES string of the molecule is CCOc1ccc(C(=O)NCC[N+]2(c3ccc(SC)cc3)C(C)=CC=C2c2ccccc2)cc1. The van der Waals surface area contributed by atoms with E-state index in [0.717, 1.165) is 5.75 Å². The van der Waals surface area contributed by atoms with Gasteiger partial charge >= 0.3 is 0 Å². The van der Waals surface area contributed by atoms with E-state index in [9.17, 15) is 4.79 Å². The van der Waals surface area contributed by atoms with E-state index >= 15 is 0 Å². The van der Waals surface area contributed by atoms with Crippen LogP contribution in [0.4, 0.5) is 5.69 Å². The lowest BCUT2D eigenvalue weighted by molar-refractivity contribution is 0.0952. The Morgan fingerprint density at radius 3 is 2.29 bits per heavy atom. The fraction of sp³-hybridized carbons (Fsp3) is 0.207. The minimum Gasteiger partial charge on any atom is -0.494 e. The first-order chi connectivity index (χ1) is 16.6. The molecule has 1 unspecified atom stereocenters. The summed E-state index contributed by atoms with van der Waals surface area (Å²) in [4.78, 5) is 14.1. The Morgan fingerprint density at radius 2 is 1.65 bits per heavy atom. The molecule has 3 aromatic rings. The molecule has 1 atom stereocenters. The van der Waals surface area contributed by atoms with Gasteiger partial charge in [0, 0.05) is 47.2 Å². The van der Waals surface area contributed by atoms with Gasteiger partial charge < -0.3 is 10.1 Å². The summed E-state index contributed by atoms with van der Waals surface area (Å²) in [5, 5.41) is 3.13. The number of ether oxygens (including phenoxy) is 1. The number of hydrogen-bond donors (Lipinski definition) is 1. The molecule has 0 saturated carbocycles. The van der Waals surface area contributed by atoms with Crippen molar-refractivity contribution in [1.82, 2.24) is 9.80 Å². The van der Waals surface area contributed by atoms with E-state index in [1.54, 1.807) is 11.8 Å². The monoisotopic (exact) mass is 471 g/mol. The molecule has 0 bridgehead atoms. The molecule has 0 spiro atoms. The van der Waals surface area contributed by atoms with Gasteiger partial charge in [0.25, 0.3) is 5.91 Å². The second kappa shape index (κ2) is 10.8. The number of carbonyl (C=O) groups is 1. The minimum atomic E-state index is -0.0787. The maximum Gasteiger partial charge on any atom is 0.251 e. The van der Waals surface area contributed by atoms with Gasteiger partial charge in [-0.3, -0.25) is 4.79 Å². The van der Waals surface area contributed by atoms with Crippen molar-refractivity contribution in [1.29, 1.82) is 0 Å². The normalized spacial score (nSPS) is 17.1. The van der Waals surface area contributed by atoms with Crippen molar-refractivity contribution in [3.63, 3.8) is 0 Å². The molecule has 34 heavy (non-hydrogen) atoms. The molecule has 1 aliphatic rings. The number of rotatable bonds is 9. The Bertz CT molecular complexity index is 1190. The van der Waals surface area contributed by atoms with E-state index < -0.39 is 0 Å². The fourth-order valence-corrected chi connectivity index (χ4v) is 4.89. The molecule has 1 amide bonds. The molecular formula is C29H31N2O2S+. The lowest BCUT2D eigenvalue weighted by Gasteiger charge is -2.37. The predicted molar refractivity (Wildman–Crippen MR) is 143 cm³/mol. The molecule has 0 radical (unpaired) electrons. The van der Waals surface area contributed by atoms with Crippen molar-refractivity contribution < 1.29 is 9.53 Å². The van der Waals surface area contributed by atoms with Crippen molar-refractivity contribution in [2.45, 2.75) is 18.7 Å². The summed E-state index contributed by atoms with van der Waals surface area (Å²) in [7, 11) is 0. The van der Waals surface area contributed by atoms with Gasteiger partial charge in [-0.25, -0.2) is 4.48 Å². The van der Waals surface area contributed by atoms with Crippen LogP contribution >= 0.6 is 11.8 Å². The lowest BCUT2D eigenvalue weighted by atomic mass is 10.1. The van der Waals surface area contributed by atoms with Crippen LogP contribution in [0.5, 0.6) is 5.75 Å². The molecule has 5 heteroatoms. The van der Waals surface area contributed by atoms with Crippen molar-refractivity contribution in [3.05, 3.63) is 108 Å². The van der Waals surface area contributed by atoms with E-state index in [-0.39, 0.29) is 5.91 Å². The highest BCUT2D eigenvalue weighted by atomic mass is 32.2. The fourth-order valence-electron chi connectivity index (χ4n) is 4.48. The summed E-state index contributed by atoms with van der Waals surface area (Å²) < 4.78 is 6.07. The molecule has 0 saturated heterocycles. The average Bonchev–Trinajstić information content (AvgIpc) is 3.22. The zero-order chi connectivity index (χ0) is 24.0. The quantitative estimate of drug-likeness (QED) is 0.286. The van der Waals surface area contributed by atoms with Crippen molar-refractivity contribution in [2.75, 3.05) is 26.0 Å². The van der Waals surface area contributed by atoms with Gasteiger partial charge in [0.05, 0.1) is 13.2 Å². The van der Waals surface area contributed by atoms with Crippen LogP contribution in [0.3, 0.4) is 0 Å². The molecule has 0 aromatic heterocycles. The number of allylic oxidation sites excluding steroid dienone is 3. The summed E-state index contributed by atoms with van der Waals surface area (Å²) in [6.45, 7) is 5.97. The van der Waals surface area contributed by atoms with E-state index in [4.69, 9.17) is 4.74 Å². The second-order valence-corrected chi connectivity index (χ2v) is 9.05. The molecule has 1 aliphatic heterocycles. The molecule has 1 N–H and O–H groups in total. The first kappa shape index (κ1) is 23.9. The first-order valence-electron chi connectivity index (χ1n) is 11.6. The summed E-state index contributed by atoms with van der Waals surface area (Å²) in [5.74, 6) is 0.692. The van der Waals surface area contributed by atoms with Crippen LogP contribution < -0.4 is 14.5 Å². The highest BCUT2D eigenvalue weighted by Gasteiger charge is 2.41. The zero-order valence-corrected chi connectivity index (χ0v) is 20.8. The maximum absolute atomic E-state index is 12.9. The Labute approximate surface area is 206 Å². The summed E-state index contributed by atoms with van der Waals surface area (Å²) in [6.07, 6.45) is 6.49. The molecule has 174 valence electrons. The van der Waals surface area contributed by atoms with Gasteiger partial charge in [-0.05, 0) is 61.7 Å². The van der Waals surface area contributed by atoms with E-state index in [0.29, 0.717) is 29.7 Å². The molecule has 1 heterocycles. The second-order valence-electron chi connectivity index (χ2n) is 8.17. The van der Waals surface area contributed by atoms with Crippen LogP contribution in [0, 0.1) is 0 Å².